The highest BCUT2D eigenvalue weighted by molar-refractivity contribution is 7.92. The number of benzene rings is 1. The third kappa shape index (κ3) is 2.65. The fourth-order valence-electron chi connectivity index (χ4n) is 2.18. The molecule has 0 amide bonds. The lowest BCUT2D eigenvalue weighted by molar-refractivity contribution is -0.385. The molecule has 114 valence electrons. The predicted octanol–water partition coefficient (Wildman–Crippen LogP) is 2.80. The Morgan fingerprint density at radius 1 is 1.24 bits per heavy atom. The van der Waals surface area contributed by atoms with E-state index in [1.54, 1.807) is 44.6 Å². The standard InChI is InChI=1S/C14H18N2O4S/c1-14(2,3)21(19,20)9-11-12(16(17)18)6-5-10-7-8-15(4)13(10)11/h5-8H,9H2,1-4H3. The molecule has 0 saturated heterocycles. The van der Waals surface area contributed by atoms with Gasteiger partial charge in [-0.2, -0.15) is 0 Å². The minimum Gasteiger partial charge on any atom is -0.350 e. The third-order valence-electron chi connectivity index (χ3n) is 3.58. The van der Waals surface area contributed by atoms with Crippen molar-refractivity contribution in [1.82, 2.24) is 4.57 Å². The summed E-state index contributed by atoms with van der Waals surface area (Å²) in [6.45, 7) is 4.79. The average Bonchev–Trinajstić information content (AvgIpc) is 2.69. The van der Waals surface area contributed by atoms with Gasteiger partial charge in [-0.25, -0.2) is 8.42 Å². The SMILES string of the molecule is Cn1ccc2ccc([N+](=O)[O-])c(CS(=O)(=O)C(C)(C)C)c21. The first-order chi connectivity index (χ1) is 9.54. The minimum absolute atomic E-state index is 0.155. The van der Waals surface area contributed by atoms with Gasteiger partial charge in [-0.3, -0.25) is 10.1 Å². The van der Waals surface area contributed by atoms with E-state index in [2.05, 4.69) is 0 Å². The van der Waals surface area contributed by atoms with Gasteiger partial charge in [0, 0.05) is 24.7 Å². The number of rotatable bonds is 3. The first-order valence-corrected chi connectivity index (χ1v) is 8.13. The molecule has 0 spiro atoms. The first kappa shape index (κ1) is 15.5. The molecule has 2 rings (SSSR count). The molecule has 1 aromatic carbocycles. The van der Waals surface area contributed by atoms with E-state index in [4.69, 9.17) is 0 Å². The van der Waals surface area contributed by atoms with Gasteiger partial charge >= 0.3 is 0 Å². The third-order valence-corrected chi connectivity index (χ3v) is 6.12. The Morgan fingerprint density at radius 3 is 2.38 bits per heavy atom. The molecule has 6 nitrogen and oxygen atoms in total. The summed E-state index contributed by atoms with van der Waals surface area (Å²) in [6, 6.07) is 4.82. The van der Waals surface area contributed by atoms with E-state index in [9.17, 15) is 18.5 Å². The molecule has 1 heterocycles. The van der Waals surface area contributed by atoms with Crippen LogP contribution in [0.3, 0.4) is 0 Å². The van der Waals surface area contributed by atoms with Crippen molar-refractivity contribution in [3.05, 3.63) is 40.1 Å². The zero-order valence-corrected chi connectivity index (χ0v) is 13.3. The van der Waals surface area contributed by atoms with Gasteiger partial charge in [-0.1, -0.05) is 0 Å². The lowest BCUT2D eigenvalue weighted by Crippen LogP contribution is -2.29. The van der Waals surface area contributed by atoms with Gasteiger partial charge in [0.2, 0.25) is 0 Å². The van der Waals surface area contributed by atoms with Crippen LogP contribution in [0, 0.1) is 10.1 Å². The summed E-state index contributed by atoms with van der Waals surface area (Å²) in [5, 5.41) is 12.0. The highest BCUT2D eigenvalue weighted by Crippen LogP contribution is 2.32. The summed E-state index contributed by atoms with van der Waals surface area (Å²) in [6.07, 6.45) is 1.77. The molecular formula is C14H18N2O4S. The Morgan fingerprint density at radius 2 is 1.86 bits per heavy atom. The van der Waals surface area contributed by atoms with E-state index >= 15 is 0 Å². The van der Waals surface area contributed by atoms with Crippen LogP contribution in [0.25, 0.3) is 10.9 Å². The number of sulfone groups is 1. The minimum atomic E-state index is -3.51. The lowest BCUT2D eigenvalue weighted by Gasteiger charge is -2.19. The summed E-state index contributed by atoms with van der Waals surface area (Å²) in [5.74, 6) is -0.345. The molecule has 2 aromatic rings. The van der Waals surface area contributed by atoms with Crippen LogP contribution in [0.4, 0.5) is 5.69 Å². The van der Waals surface area contributed by atoms with E-state index in [1.165, 1.54) is 6.07 Å². The number of nitro groups is 1. The van der Waals surface area contributed by atoms with Gasteiger partial charge in [0.05, 0.1) is 26.5 Å². The fourth-order valence-corrected chi connectivity index (χ4v) is 3.28. The zero-order valence-electron chi connectivity index (χ0n) is 12.5. The van der Waals surface area contributed by atoms with E-state index in [0.29, 0.717) is 5.52 Å². The maximum atomic E-state index is 12.4. The molecule has 0 unspecified atom stereocenters. The van der Waals surface area contributed by atoms with Crippen molar-refractivity contribution in [2.24, 2.45) is 7.05 Å². The maximum absolute atomic E-state index is 12.4. The van der Waals surface area contributed by atoms with Crippen LogP contribution in [0.15, 0.2) is 24.4 Å². The number of fused-ring (bicyclic) bond motifs is 1. The number of nitro benzene ring substituents is 1. The largest absolute Gasteiger partial charge is 0.350 e. The van der Waals surface area contributed by atoms with Crippen molar-refractivity contribution >= 4 is 26.4 Å². The van der Waals surface area contributed by atoms with Gasteiger partial charge in [0.25, 0.3) is 5.69 Å². The topological polar surface area (TPSA) is 82.2 Å². The van der Waals surface area contributed by atoms with Crippen LogP contribution in [-0.4, -0.2) is 22.7 Å². The molecule has 7 heteroatoms. The van der Waals surface area contributed by atoms with Crippen molar-refractivity contribution in [2.45, 2.75) is 31.3 Å². The molecule has 0 fully saturated rings. The molecular weight excluding hydrogens is 292 g/mol. The molecule has 21 heavy (non-hydrogen) atoms. The van der Waals surface area contributed by atoms with Crippen LogP contribution in [0.2, 0.25) is 0 Å². The van der Waals surface area contributed by atoms with Gasteiger partial charge in [0.1, 0.15) is 0 Å². The average molecular weight is 310 g/mol. The van der Waals surface area contributed by atoms with Crippen molar-refractivity contribution in [3.63, 3.8) is 0 Å². The second-order valence-electron chi connectivity index (χ2n) is 6.06. The Labute approximate surface area is 123 Å². The molecule has 0 aliphatic rings. The monoisotopic (exact) mass is 310 g/mol. The van der Waals surface area contributed by atoms with Gasteiger partial charge in [0.15, 0.2) is 9.84 Å². The molecule has 0 saturated carbocycles. The highest BCUT2D eigenvalue weighted by atomic mass is 32.2. The summed E-state index contributed by atoms with van der Waals surface area (Å²) < 4.78 is 25.6. The van der Waals surface area contributed by atoms with Crippen LogP contribution in [-0.2, 0) is 22.6 Å². The molecule has 0 aliphatic carbocycles. The number of hydrogen-bond acceptors (Lipinski definition) is 4. The van der Waals surface area contributed by atoms with Crippen molar-refractivity contribution in [2.75, 3.05) is 0 Å². The van der Waals surface area contributed by atoms with E-state index in [1.807, 2.05) is 6.07 Å². The van der Waals surface area contributed by atoms with Crippen molar-refractivity contribution in [1.29, 1.82) is 0 Å². The van der Waals surface area contributed by atoms with Crippen molar-refractivity contribution < 1.29 is 13.3 Å². The predicted molar refractivity (Wildman–Crippen MR) is 82.0 cm³/mol. The smallest absolute Gasteiger partial charge is 0.275 e. The first-order valence-electron chi connectivity index (χ1n) is 6.48. The second-order valence-corrected chi connectivity index (χ2v) is 8.80. The van der Waals surface area contributed by atoms with Gasteiger partial charge in [-0.05, 0) is 32.9 Å². The number of nitrogens with zero attached hydrogens (tertiary/aromatic N) is 2. The van der Waals surface area contributed by atoms with Crippen LogP contribution in [0.5, 0.6) is 0 Å². The lowest BCUT2D eigenvalue weighted by atomic mass is 10.1. The van der Waals surface area contributed by atoms with Crippen LogP contribution in [0.1, 0.15) is 26.3 Å². The second kappa shape index (κ2) is 4.84. The van der Waals surface area contributed by atoms with Crippen molar-refractivity contribution in [3.8, 4) is 0 Å². The normalized spacial score (nSPS) is 12.8. The Balaban J connectivity index is 2.74. The zero-order chi connectivity index (χ0) is 16.0. The molecule has 0 N–H and O–H groups in total. The van der Waals surface area contributed by atoms with Gasteiger partial charge in [-0.15, -0.1) is 0 Å². The Kier molecular flexibility index (Phi) is 3.57. The maximum Gasteiger partial charge on any atom is 0.275 e. The Bertz CT molecular complexity index is 813. The van der Waals surface area contributed by atoms with E-state index < -0.39 is 19.5 Å². The molecule has 0 radical (unpaired) electrons. The summed E-state index contributed by atoms with van der Waals surface area (Å²) in [7, 11) is -1.76. The van der Waals surface area contributed by atoms with E-state index in [0.717, 1.165) is 5.39 Å². The summed E-state index contributed by atoms with van der Waals surface area (Å²) >= 11 is 0. The summed E-state index contributed by atoms with van der Waals surface area (Å²) in [4.78, 5) is 10.7. The summed E-state index contributed by atoms with van der Waals surface area (Å²) in [5.41, 5.74) is 0.689. The van der Waals surface area contributed by atoms with E-state index in [-0.39, 0.29) is 17.0 Å². The highest BCUT2D eigenvalue weighted by Gasteiger charge is 2.33. The molecule has 0 aliphatic heterocycles. The molecule has 0 bridgehead atoms. The number of aryl methyl sites for hydroxylation is 1. The van der Waals surface area contributed by atoms with Crippen LogP contribution >= 0.6 is 0 Å². The number of hydrogen-bond donors (Lipinski definition) is 0. The van der Waals surface area contributed by atoms with Gasteiger partial charge < -0.3 is 4.57 Å². The fraction of sp³-hybridized carbons (Fsp3) is 0.429. The molecule has 1 aromatic heterocycles. The quantitative estimate of drug-likeness (QED) is 0.644. The van der Waals surface area contributed by atoms with Crippen LogP contribution < -0.4 is 0 Å². The Hall–Kier alpha value is -1.89. The number of aromatic nitrogens is 1. The molecule has 0 atom stereocenters.